The maximum Gasteiger partial charge on any atom is 0.306 e. The Kier molecular flexibility index (Phi) is 51.6. The molecule has 0 aromatic heterocycles. The average Bonchev–Trinajstić information content (AvgIpc) is 3.36. The van der Waals surface area contributed by atoms with Crippen LogP contribution in [0.25, 0.3) is 0 Å². The largest absolute Gasteiger partial charge is 0.545 e. The molecule has 2 atom stereocenters. The predicted octanol–water partition coefficient (Wildman–Crippen LogP) is 16.0. The molecule has 0 bridgehead atoms. The fraction of sp³-hybridized carbons (Fsp3) is 0.703. The molecule has 0 saturated heterocycles. The number of hydrogen-bond donors (Lipinski definition) is 0. The molecule has 0 aliphatic carbocycles. The molecular weight excluding hydrogens is 911 g/mol. The molecule has 0 spiro atoms. The van der Waals surface area contributed by atoms with Gasteiger partial charge in [0.25, 0.3) is 0 Å². The molecule has 0 radical (unpaired) electrons. The number of unbranched alkanes of at least 4 members (excludes halogenated alkanes) is 22. The molecule has 2 unspecified atom stereocenters. The van der Waals surface area contributed by atoms with Gasteiger partial charge in [-0.2, -0.15) is 0 Å². The smallest absolute Gasteiger partial charge is 0.306 e. The van der Waals surface area contributed by atoms with Crippen LogP contribution in [-0.4, -0.2) is 82.3 Å². The molecule has 0 aromatic rings. The summed E-state index contributed by atoms with van der Waals surface area (Å²) in [7, 11) is 5.91. The van der Waals surface area contributed by atoms with E-state index in [-0.39, 0.29) is 38.6 Å². The van der Waals surface area contributed by atoms with Gasteiger partial charge in [-0.15, -0.1) is 0 Å². The first-order valence-corrected chi connectivity index (χ1v) is 29.4. The van der Waals surface area contributed by atoms with E-state index >= 15 is 0 Å². The van der Waals surface area contributed by atoms with Crippen LogP contribution in [0.1, 0.15) is 232 Å². The Labute approximate surface area is 448 Å². The van der Waals surface area contributed by atoms with E-state index in [1.807, 2.05) is 21.1 Å². The normalized spacial score (nSPS) is 13.5. The molecule has 0 aliphatic rings. The zero-order valence-electron chi connectivity index (χ0n) is 47.5. The lowest BCUT2D eigenvalue weighted by atomic mass is 10.0. The molecule has 9 heteroatoms. The van der Waals surface area contributed by atoms with Gasteiger partial charge in [0.2, 0.25) is 0 Å². The minimum Gasteiger partial charge on any atom is -0.545 e. The van der Waals surface area contributed by atoms with Crippen LogP contribution in [0.2, 0.25) is 0 Å². The lowest BCUT2D eigenvalue weighted by Crippen LogP contribution is -2.44. The maximum absolute atomic E-state index is 12.9. The molecule has 0 saturated carbocycles. The van der Waals surface area contributed by atoms with E-state index in [4.69, 9.17) is 18.9 Å². The summed E-state index contributed by atoms with van der Waals surface area (Å²) < 4.78 is 22.7. The van der Waals surface area contributed by atoms with Gasteiger partial charge in [0, 0.05) is 12.8 Å². The van der Waals surface area contributed by atoms with Crippen LogP contribution in [0, 0.1) is 0 Å². The molecule has 73 heavy (non-hydrogen) atoms. The highest BCUT2D eigenvalue weighted by Gasteiger charge is 2.22. The fourth-order valence-electron chi connectivity index (χ4n) is 7.80. The minimum absolute atomic E-state index is 0.142. The van der Waals surface area contributed by atoms with Gasteiger partial charge in [-0.3, -0.25) is 9.59 Å². The number of ether oxygens (including phenoxy) is 4. The van der Waals surface area contributed by atoms with E-state index in [1.165, 1.54) is 89.9 Å². The van der Waals surface area contributed by atoms with Gasteiger partial charge in [0.05, 0.1) is 40.3 Å². The van der Waals surface area contributed by atoms with E-state index < -0.39 is 24.3 Å². The maximum atomic E-state index is 12.9. The van der Waals surface area contributed by atoms with Crippen molar-refractivity contribution in [2.75, 3.05) is 47.5 Å². The van der Waals surface area contributed by atoms with Gasteiger partial charge in [0.15, 0.2) is 12.4 Å². The lowest BCUT2D eigenvalue weighted by molar-refractivity contribution is -0.870. The minimum atomic E-state index is -1.63. The summed E-state index contributed by atoms with van der Waals surface area (Å²) in [5.41, 5.74) is 0. The molecule has 0 rings (SSSR count). The topological polar surface area (TPSA) is 111 Å². The number of esters is 2. The fourth-order valence-corrected chi connectivity index (χ4v) is 7.80. The second-order valence-electron chi connectivity index (χ2n) is 20.5. The van der Waals surface area contributed by atoms with Crippen LogP contribution in [0.5, 0.6) is 0 Å². The van der Waals surface area contributed by atoms with Crippen LogP contribution >= 0.6 is 0 Å². The molecule has 0 aliphatic heterocycles. The third-order valence-electron chi connectivity index (χ3n) is 12.3. The van der Waals surface area contributed by atoms with Crippen LogP contribution in [0.3, 0.4) is 0 Å². The molecule has 0 fully saturated rings. The van der Waals surface area contributed by atoms with Crippen molar-refractivity contribution in [2.45, 2.75) is 245 Å². The first-order chi connectivity index (χ1) is 35.6. The molecule has 0 amide bonds. The van der Waals surface area contributed by atoms with Gasteiger partial charge < -0.3 is 33.3 Å². The number of hydrogen-bond acceptors (Lipinski definition) is 8. The van der Waals surface area contributed by atoms with Crippen molar-refractivity contribution < 1.29 is 42.9 Å². The van der Waals surface area contributed by atoms with Gasteiger partial charge >= 0.3 is 11.9 Å². The zero-order chi connectivity index (χ0) is 53.4. The summed E-state index contributed by atoms with van der Waals surface area (Å²) >= 11 is 0. The number of likely N-dealkylation sites (N-methyl/N-ethyl adjacent to an activating group) is 1. The number of rotatable bonds is 53. The number of carbonyl (C=O) groups is 3. The number of carboxylic acid groups (broad SMARTS) is 1. The van der Waals surface area contributed by atoms with Crippen LogP contribution in [0.4, 0.5) is 0 Å². The van der Waals surface area contributed by atoms with Crippen LogP contribution in [0.15, 0.2) is 97.2 Å². The monoisotopic (exact) mass is 1020 g/mol. The number of carboxylic acids is 1. The van der Waals surface area contributed by atoms with Gasteiger partial charge in [0.1, 0.15) is 13.2 Å². The van der Waals surface area contributed by atoms with Crippen molar-refractivity contribution in [3.05, 3.63) is 97.2 Å². The van der Waals surface area contributed by atoms with Crippen molar-refractivity contribution in [3.8, 4) is 0 Å². The Morgan fingerprint density at radius 3 is 1.18 bits per heavy atom. The molecule has 0 N–H and O–H groups in total. The molecular formula is C64H109NO8. The van der Waals surface area contributed by atoms with Crippen molar-refractivity contribution in [3.63, 3.8) is 0 Å². The average molecular weight is 1020 g/mol. The van der Waals surface area contributed by atoms with E-state index in [0.717, 1.165) is 109 Å². The zero-order valence-corrected chi connectivity index (χ0v) is 47.5. The summed E-state index contributed by atoms with van der Waals surface area (Å²) in [4.78, 5) is 37.2. The van der Waals surface area contributed by atoms with Crippen LogP contribution in [-0.2, 0) is 33.3 Å². The summed E-state index contributed by atoms with van der Waals surface area (Å²) in [6.07, 6.45) is 70.3. The summed E-state index contributed by atoms with van der Waals surface area (Å²) in [5, 5.41) is 11.8. The third-order valence-corrected chi connectivity index (χ3v) is 12.3. The lowest BCUT2D eigenvalue weighted by Gasteiger charge is -2.26. The molecule has 418 valence electrons. The molecule has 9 nitrogen and oxygen atoms in total. The van der Waals surface area contributed by atoms with Crippen molar-refractivity contribution in [2.24, 2.45) is 0 Å². The highest BCUT2D eigenvalue weighted by molar-refractivity contribution is 5.70. The number of quaternary nitrogens is 1. The first kappa shape index (κ1) is 69.2. The number of aliphatic carboxylic acids is 1. The Morgan fingerprint density at radius 2 is 0.781 bits per heavy atom. The second kappa shape index (κ2) is 54.5. The van der Waals surface area contributed by atoms with E-state index in [2.05, 4.69) is 111 Å². The van der Waals surface area contributed by atoms with Crippen molar-refractivity contribution >= 4 is 17.9 Å². The highest BCUT2D eigenvalue weighted by atomic mass is 16.7. The number of carbonyl (C=O) groups excluding carboxylic acids is 3. The van der Waals surface area contributed by atoms with Gasteiger partial charge in [-0.1, -0.05) is 220 Å². The molecule has 0 heterocycles. The third kappa shape index (κ3) is 55.8. The summed E-state index contributed by atoms with van der Waals surface area (Å²) in [6.45, 7) is 4.61. The first-order valence-electron chi connectivity index (χ1n) is 29.4. The summed E-state index contributed by atoms with van der Waals surface area (Å²) in [5.74, 6) is -2.30. The van der Waals surface area contributed by atoms with E-state index in [0.29, 0.717) is 17.4 Å². The van der Waals surface area contributed by atoms with Crippen LogP contribution < -0.4 is 5.11 Å². The summed E-state index contributed by atoms with van der Waals surface area (Å²) in [6, 6.07) is 0. The number of nitrogens with zero attached hydrogens (tertiary/aromatic N) is 1. The quantitative estimate of drug-likeness (QED) is 0.0195. The Morgan fingerprint density at radius 1 is 0.425 bits per heavy atom. The predicted molar refractivity (Wildman–Crippen MR) is 306 cm³/mol. The van der Waals surface area contributed by atoms with Crippen molar-refractivity contribution in [1.29, 1.82) is 0 Å². The molecule has 0 aromatic carbocycles. The number of allylic oxidation sites excluding steroid dienone is 16. The highest BCUT2D eigenvalue weighted by Crippen LogP contribution is 2.15. The SMILES string of the molecule is CC/C=C\C/C=C\C/C=C\C/C=C\C/C=C\C/C=C\C/C=C\CCCCCCCCCCCCCC(=O)OC(COC(=O)CCCCCCC/C=C\CCCCCCCC)COC(OCC[N+](C)(C)C)C(=O)[O-]. The second-order valence-corrected chi connectivity index (χ2v) is 20.5. The Hall–Kier alpha value is -3.79. The van der Waals surface area contributed by atoms with Crippen molar-refractivity contribution in [1.82, 2.24) is 0 Å². The van der Waals surface area contributed by atoms with Gasteiger partial charge in [-0.05, 0) is 96.3 Å². The Balaban J connectivity index is 4.20. The van der Waals surface area contributed by atoms with Gasteiger partial charge in [-0.25, -0.2) is 0 Å². The van der Waals surface area contributed by atoms with E-state index in [1.54, 1.807) is 0 Å². The van der Waals surface area contributed by atoms with E-state index in [9.17, 15) is 19.5 Å². The Bertz CT molecular complexity index is 1520. The standard InChI is InChI=1S/C64H109NO8/c1-6-8-10-12-14-16-18-20-22-23-24-25-26-27-28-29-30-31-32-33-34-35-36-37-38-39-41-43-45-47-49-51-53-55-62(67)73-60(59-72-64(63(68)69)70-57-56-65(3,4)5)58-71-61(66)54-52-50-48-46-44-42-40-21-19-17-15-13-11-9-7-2/h8,10,14,16,20-22,24-25,27-28,30-31,33-34,40,60,64H,6-7,9,11-13,15,17-19,23,26,29,32,35-39,41-59H2,1-5H3/b10-8-,16-14-,22-20-,25-24-,28-27-,31-30-,34-33-,40-21-.